The lowest BCUT2D eigenvalue weighted by atomic mass is 10.1. The van der Waals surface area contributed by atoms with Crippen LogP contribution in [0.5, 0.6) is 0 Å². The molecule has 0 unspecified atom stereocenters. The molecule has 84 valence electrons. The second-order valence-corrected chi connectivity index (χ2v) is 3.93. The summed E-state index contributed by atoms with van der Waals surface area (Å²) >= 11 is 5.97. The van der Waals surface area contributed by atoms with Crippen LogP contribution in [0.15, 0.2) is 18.2 Å². The molecular formula is C11H12ClN3O. The van der Waals surface area contributed by atoms with Crippen LogP contribution in [0.1, 0.15) is 10.4 Å². The van der Waals surface area contributed by atoms with Gasteiger partial charge in [0.15, 0.2) is 10.9 Å². The van der Waals surface area contributed by atoms with E-state index in [2.05, 4.69) is 10.4 Å². The molecule has 0 saturated carbocycles. The highest BCUT2D eigenvalue weighted by atomic mass is 35.5. The molecule has 0 aliphatic rings. The normalized spacial score (nSPS) is 10.9. The lowest BCUT2D eigenvalue weighted by Gasteiger charge is -2.03. The van der Waals surface area contributed by atoms with Gasteiger partial charge in [-0.1, -0.05) is 17.7 Å². The first kappa shape index (κ1) is 11.1. The summed E-state index contributed by atoms with van der Waals surface area (Å²) in [6, 6.07) is 5.47. The molecule has 2 aromatic rings. The van der Waals surface area contributed by atoms with Crippen LogP contribution in [0, 0.1) is 0 Å². The minimum absolute atomic E-state index is 0.0350. The topological polar surface area (TPSA) is 46.9 Å². The number of nitrogens with zero attached hydrogens (tertiary/aromatic N) is 2. The first-order chi connectivity index (χ1) is 7.65. The molecule has 0 spiro atoms. The van der Waals surface area contributed by atoms with E-state index in [1.54, 1.807) is 24.8 Å². The summed E-state index contributed by atoms with van der Waals surface area (Å²) in [6.07, 6.45) is 0. The highest BCUT2D eigenvalue weighted by molar-refractivity contribution is 6.34. The summed E-state index contributed by atoms with van der Waals surface area (Å²) in [4.78, 5) is 11.9. The molecule has 0 radical (unpaired) electrons. The number of ketones is 1. The Morgan fingerprint density at radius 1 is 1.56 bits per heavy atom. The maximum atomic E-state index is 11.9. The second-order valence-electron chi connectivity index (χ2n) is 3.57. The number of carbonyl (C=O) groups is 1. The number of hydrogen-bond acceptors (Lipinski definition) is 3. The molecule has 1 heterocycles. The third-order valence-corrected chi connectivity index (χ3v) is 2.74. The van der Waals surface area contributed by atoms with E-state index in [0.717, 1.165) is 10.9 Å². The number of Topliss-reactive ketones (excluding diaryl/α,β-unsaturated/α-hetero) is 1. The predicted octanol–water partition coefficient (Wildman–Crippen LogP) is 1.63. The van der Waals surface area contributed by atoms with Crippen LogP contribution in [0.25, 0.3) is 10.9 Å². The van der Waals surface area contributed by atoms with Gasteiger partial charge in [-0.25, -0.2) is 0 Å². The van der Waals surface area contributed by atoms with Crippen LogP contribution in [0.2, 0.25) is 5.15 Å². The molecule has 5 heteroatoms. The number of halogens is 1. The van der Waals surface area contributed by atoms with Crippen molar-refractivity contribution in [3.8, 4) is 0 Å². The molecule has 16 heavy (non-hydrogen) atoms. The lowest BCUT2D eigenvalue weighted by Crippen LogP contribution is -2.19. The monoisotopic (exact) mass is 237 g/mol. The summed E-state index contributed by atoms with van der Waals surface area (Å²) in [7, 11) is 3.53. The third-order valence-electron chi connectivity index (χ3n) is 2.46. The van der Waals surface area contributed by atoms with Crippen LogP contribution in [0.4, 0.5) is 0 Å². The summed E-state index contributed by atoms with van der Waals surface area (Å²) in [5, 5.41) is 8.19. The van der Waals surface area contributed by atoms with Crippen LogP contribution in [-0.2, 0) is 7.05 Å². The number of nitrogens with one attached hydrogen (secondary N) is 1. The van der Waals surface area contributed by atoms with E-state index < -0.39 is 0 Å². The van der Waals surface area contributed by atoms with E-state index in [1.165, 1.54) is 0 Å². The molecule has 0 aliphatic heterocycles. The van der Waals surface area contributed by atoms with E-state index in [1.807, 2.05) is 12.1 Å². The number of carbonyl (C=O) groups excluding carboxylic acids is 1. The van der Waals surface area contributed by atoms with Gasteiger partial charge in [-0.15, -0.1) is 0 Å². The van der Waals surface area contributed by atoms with Crippen molar-refractivity contribution in [1.82, 2.24) is 15.1 Å². The molecule has 1 aromatic heterocycles. The molecule has 0 atom stereocenters. The molecule has 2 rings (SSSR count). The van der Waals surface area contributed by atoms with Crippen molar-refractivity contribution in [2.75, 3.05) is 13.6 Å². The minimum atomic E-state index is 0.0350. The smallest absolute Gasteiger partial charge is 0.178 e. The Morgan fingerprint density at radius 2 is 2.31 bits per heavy atom. The Balaban J connectivity index is 2.66. The van der Waals surface area contributed by atoms with Crippen molar-refractivity contribution in [2.45, 2.75) is 0 Å². The number of fused-ring (bicyclic) bond motifs is 1. The maximum Gasteiger partial charge on any atom is 0.178 e. The van der Waals surface area contributed by atoms with Crippen molar-refractivity contribution in [3.63, 3.8) is 0 Å². The Kier molecular flexibility index (Phi) is 2.94. The molecule has 0 amide bonds. The summed E-state index contributed by atoms with van der Waals surface area (Å²) in [5.74, 6) is 0.0350. The SMILES string of the molecule is CNCC(=O)c1cccc2c(Cl)nn(C)c12. The summed E-state index contributed by atoms with van der Waals surface area (Å²) < 4.78 is 1.64. The van der Waals surface area contributed by atoms with E-state index in [9.17, 15) is 4.79 Å². The molecule has 0 aliphatic carbocycles. The van der Waals surface area contributed by atoms with Crippen LogP contribution < -0.4 is 5.32 Å². The van der Waals surface area contributed by atoms with Crippen molar-refractivity contribution < 1.29 is 4.79 Å². The number of hydrogen-bond donors (Lipinski definition) is 1. The predicted molar refractivity (Wildman–Crippen MR) is 64.0 cm³/mol. The Bertz CT molecular complexity index is 547. The zero-order chi connectivity index (χ0) is 11.7. The average molecular weight is 238 g/mol. The Hall–Kier alpha value is -1.39. The molecular weight excluding hydrogens is 226 g/mol. The van der Waals surface area contributed by atoms with Crippen LogP contribution in [0.3, 0.4) is 0 Å². The van der Waals surface area contributed by atoms with Gasteiger partial charge in [-0.2, -0.15) is 5.10 Å². The fourth-order valence-electron chi connectivity index (χ4n) is 1.77. The van der Waals surface area contributed by atoms with Crippen molar-refractivity contribution in [3.05, 3.63) is 28.9 Å². The first-order valence-electron chi connectivity index (χ1n) is 4.94. The van der Waals surface area contributed by atoms with Crippen molar-refractivity contribution >= 4 is 28.3 Å². The van der Waals surface area contributed by atoms with E-state index in [-0.39, 0.29) is 5.78 Å². The molecule has 1 aromatic carbocycles. The highest BCUT2D eigenvalue weighted by Crippen LogP contribution is 2.25. The fraction of sp³-hybridized carbons (Fsp3) is 0.273. The summed E-state index contributed by atoms with van der Waals surface area (Å²) in [5.41, 5.74) is 1.43. The van der Waals surface area contributed by atoms with E-state index in [0.29, 0.717) is 17.3 Å². The zero-order valence-corrected chi connectivity index (χ0v) is 9.88. The molecule has 4 nitrogen and oxygen atoms in total. The van der Waals surface area contributed by atoms with Gasteiger partial charge in [-0.05, 0) is 19.2 Å². The van der Waals surface area contributed by atoms with Crippen molar-refractivity contribution in [2.24, 2.45) is 7.05 Å². The Labute approximate surface area is 98.2 Å². The van der Waals surface area contributed by atoms with E-state index >= 15 is 0 Å². The molecule has 0 bridgehead atoms. The van der Waals surface area contributed by atoms with Gasteiger partial charge in [0.1, 0.15) is 0 Å². The lowest BCUT2D eigenvalue weighted by molar-refractivity contribution is 0.0995. The first-order valence-corrected chi connectivity index (χ1v) is 5.32. The van der Waals surface area contributed by atoms with E-state index in [4.69, 9.17) is 11.6 Å². The number of benzene rings is 1. The molecule has 0 saturated heterocycles. The molecule has 0 fully saturated rings. The largest absolute Gasteiger partial charge is 0.313 e. The zero-order valence-electron chi connectivity index (χ0n) is 9.12. The minimum Gasteiger partial charge on any atom is -0.313 e. The van der Waals surface area contributed by atoms with Gasteiger partial charge in [0.2, 0.25) is 0 Å². The van der Waals surface area contributed by atoms with Crippen LogP contribution in [-0.4, -0.2) is 29.2 Å². The van der Waals surface area contributed by atoms with Gasteiger partial charge < -0.3 is 5.32 Å². The Morgan fingerprint density at radius 3 is 3.00 bits per heavy atom. The molecule has 1 N–H and O–H groups in total. The quantitative estimate of drug-likeness (QED) is 0.826. The fourth-order valence-corrected chi connectivity index (χ4v) is 2.04. The standard InChI is InChI=1S/C11H12ClN3O/c1-13-6-9(16)7-4-3-5-8-10(7)15(2)14-11(8)12/h3-5,13H,6H2,1-2H3. The second kappa shape index (κ2) is 4.23. The van der Waals surface area contributed by atoms with Crippen molar-refractivity contribution in [1.29, 1.82) is 0 Å². The number of rotatable bonds is 3. The number of likely N-dealkylation sites (N-methyl/N-ethyl adjacent to an activating group) is 1. The maximum absolute atomic E-state index is 11.9. The van der Waals surface area contributed by atoms with Gasteiger partial charge in [0.05, 0.1) is 12.1 Å². The number of para-hydroxylation sites is 1. The van der Waals surface area contributed by atoms with Gasteiger partial charge in [0.25, 0.3) is 0 Å². The number of aryl methyl sites for hydroxylation is 1. The third kappa shape index (κ3) is 1.70. The summed E-state index contributed by atoms with van der Waals surface area (Å²) in [6.45, 7) is 0.307. The van der Waals surface area contributed by atoms with Gasteiger partial charge >= 0.3 is 0 Å². The van der Waals surface area contributed by atoms with Gasteiger partial charge in [-0.3, -0.25) is 9.48 Å². The number of aromatic nitrogens is 2. The highest BCUT2D eigenvalue weighted by Gasteiger charge is 2.14. The average Bonchev–Trinajstić information content (AvgIpc) is 2.55. The van der Waals surface area contributed by atoms with Gasteiger partial charge in [0, 0.05) is 18.0 Å². The van der Waals surface area contributed by atoms with Crippen LogP contribution >= 0.6 is 11.6 Å².